The lowest BCUT2D eigenvalue weighted by Gasteiger charge is -2.19. The molecule has 0 saturated carbocycles. The summed E-state index contributed by atoms with van der Waals surface area (Å²) in [5, 5.41) is 2.42. The van der Waals surface area contributed by atoms with Crippen molar-refractivity contribution < 1.29 is 28.6 Å². The molecule has 8 heteroatoms. The molecule has 0 spiro atoms. The average molecular weight is 311 g/mol. The average Bonchev–Trinajstić information content (AvgIpc) is 2.81. The molecule has 0 aromatic rings. The highest BCUT2D eigenvalue weighted by Crippen LogP contribution is 2.23. The molecule has 122 valence electrons. The summed E-state index contributed by atoms with van der Waals surface area (Å²) >= 11 is 0. The largest absolute Gasteiger partial charge is 0.463 e. The normalized spacial score (nSPS) is 24.1. The molecule has 3 atom stereocenters. The lowest BCUT2D eigenvalue weighted by molar-refractivity contribution is -0.159. The Balaban J connectivity index is 2.43. The van der Waals surface area contributed by atoms with E-state index in [1.54, 1.807) is 13.8 Å². The number of esters is 2. The van der Waals surface area contributed by atoms with Gasteiger partial charge in [0.2, 0.25) is 5.91 Å². The molecule has 1 aliphatic heterocycles. The Morgan fingerprint density at radius 2 is 2.00 bits per heavy atom. The quantitative estimate of drug-likeness (QED) is 0.522. The minimum Gasteiger partial charge on any atom is -0.463 e. The van der Waals surface area contributed by atoms with E-state index in [2.05, 4.69) is 5.32 Å². The third-order valence-electron chi connectivity index (χ3n) is 3.21. The van der Waals surface area contributed by atoms with E-state index in [-0.39, 0.29) is 37.2 Å². The third kappa shape index (κ3) is 6.05. The van der Waals surface area contributed by atoms with E-state index < -0.39 is 24.2 Å². The smallest absolute Gasteiger partial charge is 0.308 e. The van der Waals surface area contributed by atoms with Gasteiger partial charge in [-0.1, -0.05) is 13.8 Å². The molecule has 22 heavy (non-hydrogen) atoms. The zero-order valence-corrected chi connectivity index (χ0v) is 13.2. The van der Waals surface area contributed by atoms with Gasteiger partial charge in [0, 0.05) is 25.9 Å². The summed E-state index contributed by atoms with van der Waals surface area (Å²) in [6, 6.07) is -0.570. The topological polar surface area (TPSA) is 90.9 Å². The standard InChI is InChI=1S/C14H22BNO6/c1-8(2)14(19)20-7-10-9(6-11(15)21-10)22-13(18)5-4-12(17)16-3/h8-11H,4-7H2,1-3H3,(H,16,17)/t9?,10-,11-/m1/s1. The molecule has 0 aromatic carbocycles. The van der Waals surface area contributed by atoms with Gasteiger partial charge in [-0.25, -0.2) is 0 Å². The second kappa shape index (κ2) is 8.78. The molecule has 1 fully saturated rings. The van der Waals surface area contributed by atoms with Gasteiger partial charge in [0.25, 0.3) is 0 Å². The van der Waals surface area contributed by atoms with Crippen molar-refractivity contribution in [1.29, 1.82) is 0 Å². The molecule has 0 aromatic heterocycles. The highest BCUT2D eigenvalue weighted by atomic mass is 16.6. The summed E-state index contributed by atoms with van der Waals surface area (Å²) in [6.45, 7) is 3.43. The van der Waals surface area contributed by atoms with Crippen molar-refractivity contribution in [1.82, 2.24) is 5.32 Å². The Morgan fingerprint density at radius 1 is 1.32 bits per heavy atom. The van der Waals surface area contributed by atoms with Gasteiger partial charge in [-0.15, -0.1) is 0 Å². The van der Waals surface area contributed by atoms with Crippen LogP contribution in [0.3, 0.4) is 0 Å². The molecule has 1 saturated heterocycles. The van der Waals surface area contributed by atoms with E-state index in [0.717, 1.165) is 0 Å². The van der Waals surface area contributed by atoms with Crippen LogP contribution in [0.2, 0.25) is 0 Å². The van der Waals surface area contributed by atoms with Crippen LogP contribution >= 0.6 is 0 Å². The summed E-state index contributed by atoms with van der Waals surface area (Å²) in [6.07, 6.45) is -0.796. The molecule has 0 aliphatic carbocycles. The molecule has 1 unspecified atom stereocenters. The fourth-order valence-corrected chi connectivity index (χ4v) is 1.92. The lowest BCUT2D eigenvalue weighted by atomic mass is 9.96. The van der Waals surface area contributed by atoms with Gasteiger partial charge < -0.3 is 19.5 Å². The van der Waals surface area contributed by atoms with Crippen molar-refractivity contribution in [2.45, 2.75) is 51.3 Å². The Kier molecular flexibility index (Phi) is 7.37. The first-order valence-electron chi connectivity index (χ1n) is 7.31. The SMILES string of the molecule is [B][C@H]1CC(OC(=O)CCC(=O)NC)[C@@H](COC(=O)C(C)C)O1. The highest BCUT2D eigenvalue weighted by molar-refractivity contribution is 6.11. The number of carbonyl (C=O) groups is 3. The van der Waals surface area contributed by atoms with Crippen molar-refractivity contribution >= 4 is 25.7 Å². The van der Waals surface area contributed by atoms with Crippen molar-refractivity contribution in [3.05, 3.63) is 0 Å². The van der Waals surface area contributed by atoms with Gasteiger partial charge in [0.1, 0.15) is 26.7 Å². The van der Waals surface area contributed by atoms with Gasteiger partial charge in [-0.2, -0.15) is 0 Å². The molecule has 1 N–H and O–H groups in total. The summed E-state index contributed by atoms with van der Waals surface area (Å²) in [5.74, 6) is -1.34. The minimum absolute atomic E-state index is 0.0158. The van der Waals surface area contributed by atoms with Gasteiger partial charge >= 0.3 is 11.9 Å². The number of carbonyl (C=O) groups excluding carboxylic acids is 3. The Morgan fingerprint density at radius 3 is 2.59 bits per heavy atom. The maximum Gasteiger partial charge on any atom is 0.308 e. The first-order chi connectivity index (χ1) is 10.3. The first-order valence-corrected chi connectivity index (χ1v) is 7.31. The summed E-state index contributed by atoms with van der Waals surface area (Å²) in [4.78, 5) is 34.3. The zero-order chi connectivity index (χ0) is 16.7. The second-order valence-corrected chi connectivity index (χ2v) is 5.43. The van der Waals surface area contributed by atoms with Crippen LogP contribution in [-0.2, 0) is 28.6 Å². The van der Waals surface area contributed by atoms with Gasteiger partial charge in [0.05, 0.1) is 12.3 Å². The number of hydrogen-bond acceptors (Lipinski definition) is 6. The maximum atomic E-state index is 11.7. The third-order valence-corrected chi connectivity index (χ3v) is 3.21. The predicted molar refractivity (Wildman–Crippen MR) is 78.0 cm³/mol. The molecular formula is C14H22BNO6. The highest BCUT2D eigenvalue weighted by Gasteiger charge is 2.36. The molecule has 1 aliphatic rings. The minimum atomic E-state index is -0.582. The number of amides is 1. The zero-order valence-electron chi connectivity index (χ0n) is 13.2. The lowest BCUT2D eigenvalue weighted by Crippen LogP contribution is -2.33. The number of nitrogens with one attached hydrogen (secondary N) is 1. The summed E-state index contributed by atoms with van der Waals surface area (Å²) in [5.41, 5.74) is 0. The number of hydrogen-bond donors (Lipinski definition) is 1. The van der Waals surface area contributed by atoms with Crippen LogP contribution in [0.4, 0.5) is 0 Å². The van der Waals surface area contributed by atoms with Crippen molar-refractivity contribution in [2.75, 3.05) is 13.7 Å². The summed E-state index contributed by atoms with van der Waals surface area (Å²) in [7, 11) is 7.18. The maximum absolute atomic E-state index is 11.7. The fraction of sp³-hybridized carbons (Fsp3) is 0.786. The van der Waals surface area contributed by atoms with Crippen LogP contribution < -0.4 is 5.32 Å². The van der Waals surface area contributed by atoms with Crippen LogP contribution in [0.5, 0.6) is 0 Å². The van der Waals surface area contributed by atoms with Crippen molar-refractivity contribution in [3.63, 3.8) is 0 Å². The Hall–Kier alpha value is -1.57. The van der Waals surface area contributed by atoms with E-state index in [1.165, 1.54) is 7.05 Å². The predicted octanol–water partition coefficient (Wildman–Crippen LogP) is -0.0929. The van der Waals surface area contributed by atoms with Crippen LogP contribution in [0, 0.1) is 5.92 Å². The van der Waals surface area contributed by atoms with Crippen LogP contribution in [0.15, 0.2) is 0 Å². The molecular weight excluding hydrogens is 289 g/mol. The molecule has 1 amide bonds. The van der Waals surface area contributed by atoms with Crippen molar-refractivity contribution in [2.24, 2.45) is 5.92 Å². The Bertz CT molecular complexity index is 414. The summed E-state index contributed by atoms with van der Waals surface area (Å²) < 4.78 is 15.8. The monoisotopic (exact) mass is 311 g/mol. The molecule has 1 heterocycles. The number of rotatable bonds is 7. The molecule has 0 bridgehead atoms. The van der Waals surface area contributed by atoms with E-state index in [4.69, 9.17) is 22.1 Å². The van der Waals surface area contributed by atoms with Crippen LogP contribution in [0.25, 0.3) is 0 Å². The first kappa shape index (κ1) is 18.5. The molecule has 1 rings (SSSR count). The molecule has 7 nitrogen and oxygen atoms in total. The molecule has 2 radical (unpaired) electrons. The van der Waals surface area contributed by atoms with Gasteiger partial charge in [-0.3, -0.25) is 14.4 Å². The van der Waals surface area contributed by atoms with E-state index in [0.29, 0.717) is 6.42 Å². The van der Waals surface area contributed by atoms with Crippen LogP contribution in [0.1, 0.15) is 33.1 Å². The van der Waals surface area contributed by atoms with Gasteiger partial charge in [-0.05, 0) is 0 Å². The van der Waals surface area contributed by atoms with Crippen LogP contribution in [-0.4, -0.2) is 57.6 Å². The second-order valence-electron chi connectivity index (χ2n) is 5.43. The number of ether oxygens (including phenoxy) is 3. The fourth-order valence-electron chi connectivity index (χ4n) is 1.92. The van der Waals surface area contributed by atoms with E-state index in [1.807, 2.05) is 0 Å². The Labute approximate surface area is 131 Å². The van der Waals surface area contributed by atoms with E-state index >= 15 is 0 Å². The van der Waals surface area contributed by atoms with E-state index in [9.17, 15) is 14.4 Å². The van der Waals surface area contributed by atoms with Crippen molar-refractivity contribution in [3.8, 4) is 0 Å². The van der Waals surface area contributed by atoms with Gasteiger partial charge in [0.15, 0.2) is 0 Å².